The molecule has 3 aromatic heterocycles. The van der Waals surface area contributed by atoms with E-state index in [-0.39, 0.29) is 12.0 Å². The van der Waals surface area contributed by atoms with Crippen molar-refractivity contribution in [1.82, 2.24) is 29.2 Å². The van der Waals surface area contributed by atoms with Gasteiger partial charge in [0.2, 0.25) is 0 Å². The smallest absolute Gasteiger partial charge is 0.296 e. The minimum Gasteiger partial charge on any atom is -0.296 e. The van der Waals surface area contributed by atoms with Gasteiger partial charge in [-0.05, 0) is 31.5 Å². The van der Waals surface area contributed by atoms with Crippen molar-refractivity contribution in [2.45, 2.75) is 37.9 Å². The number of likely N-dealkylation sites (tertiary alicyclic amines) is 1. The van der Waals surface area contributed by atoms with Crippen molar-refractivity contribution >= 4 is 11.3 Å². The number of fused-ring (bicyclic) bond motifs is 2. The van der Waals surface area contributed by atoms with E-state index in [1.165, 1.54) is 4.68 Å². The van der Waals surface area contributed by atoms with E-state index < -0.39 is 11.1 Å². The van der Waals surface area contributed by atoms with E-state index in [2.05, 4.69) is 20.0 Å². The van der Waals surface area contributed by atoms with E-state index in [4.69, 9.17) is 0 Å². The molecule has 5 rings (SSSR count). The van der Waals surface area contributed by atoms with E-state index in [1.807, 2.05) is 29.8 Å². The van der Waals surface area contributed by atoms with Gasteiger partial charge >= 0.3 is 11.1 Å². The summed E-state index contributed by atoms with van der Waals surface area (Å²) < 4.78 is 2.87. The van der Waals surface area contributed by atoms with E-state index in [9.17, 15) is 9.59 Å². The van der Waals surface area contributed by atoms with Crippen LogP contribution >= 0.6 is 11.3 Å². The minimum atomic E-state index is -0.580. The molecule has 0 aliphatic carbocycles. The second-order valence-corrected chi connectivity index (χ2v) is 8.46. The molecule has 1 atom stereocenters. The van der Waals surface area contributed by atoms with Crippen LogP contribution in [0.4, 0.5) is 0 Å². The topological polar surface area (TPSA) is 85.9 Å². The van der Waals surface area contributed by atoms with Gasteiger partial charge in [-0.15, -0.1) is 11.3 Å². The molecule has 0 saturated carbocycles. The van der Waals surface area contributed by atoms with Gasteiger partial charge < -0.3 is 0 Å². The van der Waals surface area contributed by atoms with E-state index in [1.54, 1.807) is 22.1 Å². The average molecular weight is 396 g/mol. The highest BCUT2D eigenvalue weighted by molar-refractivity contribution is 7.09. The van der Waals surface area contributed by atoms with Crippen LogP contribution in [0.25, 0.3) is 0 Å². The largest absolute Gasteiger partial charge is 0.332 e. The molecule has 0 N–H and O–H groups in total. The first-order valence-corrected chi connectivity index (χ1v) is 10.3. The molecule has 0 bridgehead atoms. The molecule has 3 aromatic rings. The summed E-state index contributed by atoms with van der Waals surface area (Å²) in [5.41, 5.74) is -0.513. The Balaban J connectivity index is 1.48. The lowest BCUT2D eigenvalue weighted by molar-refractivity contribution is 0.297. The molecule has 0 radical (unpaired) electrons. The molecule has 9 heteroatoms. The number of rotatable bonds is 4. The number of nitrogens with zero attached hydrogens (tertiary/aromatic N) is 6. The summed E-state index contributed by atoms with van der Waals surface area (Å²) in [7, 11) is 0. The Morgan fingerprint density at radius 2 is 1.93 bits per heavy atom. The molecule has 2 aliphatic heterocycles. The first-order valence-electron chi connectivity index (χ1n) is 9.38. The summed E-state index contributed by atoms with van der Waals surface area (Å²) in [6, 6.07) is 5.52. The van der Waals surface area contributed by atoms with Gasteiger partial charge in [-0.25, -0.2) is 9.67 Å². The highest BCUT2D eigenvalue weighted by Crippen LogP contribution is 2.40. The predicted molar refractivity (Wildman–Crippen MR) is 104 cm³/mol. The fourth-order valence-corrected chi connectivity index (χ4v) is 4.99. The third kappa shape index (κ3) is 2.91. The first-order chi connectivity index (χ1) is 13.6. The lowest BCUT2D eigenvalue weighted by Crippen LogP contribution is -2.45. The van der Waals surface area contributed by atoms with Crippen LogP contribution in [0.2, 0.25) is 0 Å². The first kappa shape index (κ1) is 17.4. The zero-order valence-electron chi connectivity index (χ0n) is 15.3. The van der Waals surface area contributed by atoms with Gasteiger partial charge in [0.15, 0.2) is 0 Å². The molecule has 2 aliphatic rings. The zero-order valence-corrected chi connectivity index (χ0v) is 16.1. The van der Waals surface area contributed by atoms with Crippen LogP contribution < -0.4 is 11.1 Å². The van der Waals surface area contributed by atoms with Gasteiger partial charge in [-0.2, -0.15) is 5.10 Å². The number of hydrogen-bond acceptors (Lipinski definition) is 7. The quantitative estimate of drug-likeness (QED) is 0.608. The summed E-state index contributed by atoms with van der Waals surface area (Å²) in [6.07, 6.45) is 5.28. The van der Waals surface area contributed by atoms with Crippen molar-refractivity contribution in [2.75, 3.05) is 13.1 Å². The van der Waals surface area contributed by atoms with Crippen LogP contribution in [-0.2, 0) is 25.0 Å². The fraction of sp³-hybridized carbons (Fsp3) is 0.421. The van der Waals surface area contributed by atoms with Crippen molar-refractivity contribution < 1.29 is 0 Å². The minimum absolute atomic E-state index is 0.171. The van der Waals surface area contributed by atoms with Gasteiger partial charge in [0.1, 0.15) is 10.8 Å². The third-order valence-electron chi connectivity index (χ3n) is 5.74. The van der Waals surface area contributed by atoms with Crippen molar-refractivity contribution in [2.24, 2.45) is 0 Å². The third-order valence-corrected chi connectivity index (χ3v) is 6.50. The van der Waals surface area contributed by atoms with E-state index >= 15 is 0 Å². The van der Waals surface area contributed by atoms with Crippen molar-refractivity contribution in [1.29, 1.82) is 0 Å². The molecule has 28 heavy (non-hydrogen) atoms. The summed E-state index contributed by atoms with van der Waals surface area (Å²) in [4.78, 5) is 36.2. The van der Waals surface area contributed by atoms with Crippen LogP contribution in [0.3, 0.4) is 0 Å². The Kier molecular flexibility index (Phi) is 4.21. The molecular weight excluding hydrogens is 376 g/mol. The molecule has 1 saturated heterocycles. The Morgan fingerprint density at radius 3 is 2.71 bits per heavy atom. The van der Waals surface area contributed by atoms with Crippen molar-refractivity contribution in [3.63, 3.8) is 0 Å². The maximum atomic E-state index is 12.7. The Morgan fingerprint density at radius 1 is 1.04 bits per heavy atom. The van der Waals surface area contributed by atoms with Crippen LogP contribution in [-0.4, -0.2) is 42.3 Å². The monoisotopic (exact) mass is 396 g/mol. The molecule has 144 valence electrons. The highest BCUT2D eigenvalue weighted by Gasteiger charge is 2.47. The molecule has 5 heterocycles. The Labute approximate surface area is 165 Å². The van der Waals surface area contributed by atoms with Crippen LogP contribution in [0.5, 0.6) is 0 Å². The van der Waals surface area contributed by atoms with E-state index in [0.717, 1.165) is 43.3 Å². The molecule has 1 fully saturated rings. The lowest BCUT2D eigenvalue weighted by atomic mass is 9.85. The standard InChI is InChI=1S/C19H20N6O2S/c26-16-17(27)25(11-14-3-1-2-6-20-14)22-18-19(5-9-24(16)18)4-8-23(13-19)12-15-21-7-10-28-15/h1-3,6-7,10H,4-5,8-9,11-13H2/t19-/m0/s1. The van der Waals surface area contributed by atoms with Crippen molar-refractivity contribution in [3.05, 3.63) is 73.2 Å². The van der Waals surface area contributed by atoms with Crippen molar-refractivity contribution in [3.8, 4) is 0 Å². The van der Waals surface area contributed by atoms with Gasteiger partial charge in [0, 0.05) is 36.3 Å². The molecule has 8 nitrogen and oxygen atoms in total. The Bertz CT molecular complexity index is 1110. The van der Waals surface area contributed by atoms with E-state index in [0.29, 0.717) is 12.2 Å². The summed E-state index contributed by atoms with van der Waals surface area (Å²) >= 11 is 1.66. The lowest BCUT2D eigenvalue weighted by Gasteiger charge is -2.23. The molecule has 0 amide bonds. The summed E-state index contributed by atoms with van der Waals surface area (Å²) in [6.45, 7) is 3.36. The van der Waals surface area contributed by atoms with Gasteiger partial charge in [-0.1, -0.05) is 6.07 Å². The molecule has 1 spiro atoms. The fourth-order valence-electron chi connectivity index (χ4n) is 4.33. The maximum absolute atomic E-state index is 12.7. The number of thiazole rings is 1. The van der Waals surface area contributed by atoms with Gasteiger partial charge in [-0.3, -0.25) is 24.0 Å². The predicted octanol–water partition coefficient (Wildman–Crippen LogP) is 0.852. The molecular formula is C19H20N6O2S. The Hall–Kier alpha value is -2.65. The second-order valence-electron chi connectivity index (χ2n) is 7.48. The summed E-state index contributed by atoms with van der Waals surface area (Å²) in [5, 5.41) is 7.75. The maximum Gasteiger partial charge on any atom is 0.332 e. The van der Waals surface area contributed by atoms with Gasteiger partial charge in [0.25, 0.3) is 0 Å². The number of hydrogen-bond donors (Lipinski definition) is 0. The molecule has 0 unspecified atom stereocenters. The van der Waals surface area contributed by atoms with Crippen LogP contribution in [0.15, 0.2) is 45.6 Å². The van der Waals surface area contributed by atoms with Crippen LogP contribution in [0, 0.1) is 0 Å². The highest BCUT2D eigenvalue weighted by atomic mass is 32.1. The van der Waals surface area contributed by atoms with Gasteiger partial charge in [0.05, 0.1) is 18.8 Å². The SMILES string of the molecule is O=c1c(=O)n2c(nn1Cc1ccccn1)[C@@]1(CCN(Cc3nccs3)C1)CC2. The second kappa shape index (κ2) is 6.75. The number of aromatic nitrogens is 5. The average Bonchev–Trinajstić information content (AvgIpc) is 3.44. The zero-order chi connectivity index (χ0) is 19.1. The normalized spacial score (nSPS) is 21.4. The molecule has 0 aromatic carbocycles. The van der Waals surface area contributed by atoms with Crippen LogP contribution in [0.1, 0.15) is 29.4 Å². The summed E-state index contributed by atoms with van der Waals surface area (Å²) in [5.74, 6) is 0.745. The number of pyridine rings is 1.